The molecule has 89 heavy (non-hydrogen) atoms. The Labute approximate surface area is 475 Å². The van der Waals surface area contributed by atoms with E-state index < -0.39 is 220 Å². The van der Waals surface area contributed by atoms with Crippen molar-refractivity contribution in [3.63, 3.8) is 0 Å². The topological polar surface area (TPSA) is 4.36 Å². The number of hydrogen-bond acceptors (Lipinski definition) is 0. The van der Waals surface area contributed by atoms with Crippen molar-refractivity contribution < 1.29 is 132 Å². The predicted octanol–water partition coefficient (Wildman–Crippen LogP) is 13.6. The van der Waals surface area contributed by atoms with E-state index >= 15 is 105 Å². The molecule has 33 heteroatoms. The molecule has 0 aromatic heterocycles. The number of benzene rings is 9. The van der Waals surface area contributed by atoms with Gasteiger partial charge in [-0.05, 0) is 95.2 Å². The zero-order valence-electron chi connectivity index (χ0n) is 42.1. The molecular formula is C56H15B2F30N. The molecule has 1 nitrogen and oxygen atoms in total. The third-order valence-corrected chi connectivity index (χ3v) is 13.7. The summed E-state index contributed by atoms with van der Waals surface area (Å²) in [6.45, 7) is 0. The number of rotatable bonds is 9. The van der Waals surface area contributed by atoms with Crippen LogP contribution in [0.1, 0.15) is 16.7 Å². The normalized spacial score (nSPS) is 11.6. The molecule has 9 aromatic carbocycles. The van der Waals surface area contributed by atoms with E-state index in [-0.39, 0.29) is 5.97 Å². The number of halogens is 30. The Balaban J connectivity index is 0.000000453. The first-order valence-corrected chi connectivity index (χ1v) is 23.7. The SMILES string of the molecule is Fc1c(F)c(F)c([B-](C#[N+][B-](c2c(F)c(F)c(F)c(F)c2F)(c2c(F)c(F)c(F)c(F)c2F)c2c(F)c(F)c(F)c(F)c2F)(c2c(F)c(F)c(F)c(F)c2F)c2c(F)c(F)c(F)c(F)c2F)c(F)c1F.c1ccc([C+](c2ccccc2)c2ccccc2)cc1. The van der Waals surface area contributed by atoms with Crippen LogP contribution in [-0.4, -0.2) is 12.4 Å². The lowest BCUT2D eigenvalue weighted by Gasteiger charge is -2.37. The fraction of sp³-hybridized carbons (Fsp3) is 0. The van der Waals surface area contributed by atoms with Crippen LogP contribution < -0.4 is 32.8 Å². The summed E-state index contributed by atoms with van der Waals surface area (Å²) in [5.74, 6) is -117. The van der Waals surface area contributed by atoms with Gasteiger partial charge < -0.3 is 4.76 Å². The van der Waals surface area contributed by atoms with Gasteiger partial charge in [0.15, 0.2) is 105 Å². The van der Waals surface area contributed by atoms with Gasteiger partial charge in [-0.2, -0.15) is 0 Å². The minimum absolute atomic E-state index is 0.0988. The molecule has 0 aliphatic heterocycles. The van der Waals surface area contributed by atoms with Gasteiger partial charge in [-0.25, -0.2) is 132 Å². The third kappa shape index (κ3) is 10.0. The molecule has 0 spiro atoms. The van der Waals surface area contributed by atoms with E-state index in [9.17, 15) is 26.3 Å². The lowest BCUT2D eigenvalue weighted by atomic mass is 9.15. The van der Waals surface area contributed by atoms with Crippen LogP contribution >= 0.6 is 0 Å². The largest absolute Gasteiger partial charge is 0.490 e. The maximum Gasteiger partial charge on any atom is 0.490 e. The molecule has 0 saturated carbocycles. The summed E-state index contributed by atoms with van der Waals surface area (Å²) in [6.07, 6.45) is -15.7. The van der Waals surface area contributed by atoms with E-state index in [0.717, 1.165) is 0 Å². The second-order valence-corrected chi connectivity index (χ2v) is 18.3. The first-order valence-electron chi connectivity index (χ1n) is 23.7. The van der Waals surface area contributed by atoms with Crippen LogP contribution in [0, 0.1) is 186 Å². The molecule has 0 saturated heterocycles. The highest BCUT2D eigenvalue weighted by molar-refractivity contribution is 7.19. The summed E-state index contributed by atoms with van der Waals surface area (Å²) in [7, 11) is 0. The Morgan fingerprint density at radius 3 is 0.517 bits per heavy atom. The van der Waals surface area contributed by atoms with Crippen molar-refractivity contribution in [3.8, 4) is 5.97 Å². The van der Waals surface area contributed by atoms with E-state index in [0.29, 0.717) is 0 Å². The molecule has 0 bridgehead atoms. The molecule has 0 aliphatic carbocycles. The fourth-order valence-corrected chi connectivity index (χ4v) is 9.76. The summed E-state index contributed by atoms with van der Waals surface area (Å²) in [5.41, 5.74) is -20.3. The third-order valence-electron chi connectivity index (χ3n) is 13.7. The van der Waals surface area contributed by atoms with Crippen LogP contribution in [0.2, 0.25) is 0 Å². The standard InChI is InChI=1S/C37B2F30N.C19H15/c40-8-2(9(41)21(53)32(64)20(8)52)38(3-10(42)22(54)33(65)23(55)11(3)43,4-12(44)24(56)34(66)25(57)13(4)45)1-70-39(5-14(46)26(58)35(67)27(59)15(5)47,6-16(48)28(60)36(68)29(61)17(6)49)7-18(50)30(62)37(69)31(63)19(7)51;1-4-10-16(11-5-1)19(17-12-6-2-7-13-17)18-14-8-3-9-15-18/h;1-15H/q-1;+1. The van der Waals surface area contributed by atoms with Gasteiger partial charge in [0.05, 0.1) is 22.6 Å². The highest BCUT2D eigenvalue weighted by atomic mass is 19.2. The lowest BCUT2D eigenvalue weighted by Crippen LogP contribution is -2.74. The second-order valence-electron chi connectivity index (χ2n) is 18.3. The fourth-order valence-electron chi connectivity index (χ4n) is 9.76. The van der Waals surface area contributed by atoms with Gasteiger partial charge in [-0.1, -0.05) is 18.2 Å². The number of nitrogens with zero attached hydrogens (tertiary/aromatic N) is 1. The van der Waals surface area contributed by atoms with Crippen LogP contribution in [0.15, 0.2) is 91.0 Å². The Morgan fingerprint density at radius 2 is 0.348 bits per heavy atom. The quantitative estimate of drug-likeness (QED) is 0.0339. The molecule has 0 heterocycles. The maximum atomic E-state index is 16.2. The summed E-state index contributed by atoms with van der Waals surface area (Å²) in [4.78, 5) is 0. The van der Waals surface area contributed by atoms with Crippen molar-refractivity contribution >= 4 is 45.2 Å². The molecule has 0 unspecified atom stereocenters. The minimum Gasteiger partial charge on any atom is -0.374 e. The van der Waals surface area contributed by atoms with E-state index in [2.05, 4.69) is 95.8 Å². The highest BCUT2D eigenvalue weighted by Gasteiger charge is 2.60. The summed E-state index contributed by atoms with van der Waals surface area (Å²) >= 11 is 0. The second kappa shape index (κ2) is 24.2. The zero-order chi connectivity index (χ0) is 66.1. The average Bonchev–Trinajstić information content (AvgIpc) is 0.699. The molecule has 0 aliphatic rings. The summed E-state index contributed by atoms with van der Waals surface area (Å²) in [5, 5.41) is 0. The van der Waals surface area contributed by atoms with E-state index in [4.69, 9.17) is 0 Å². The molecule has 460 valence electrons. The van der Waals surface area contributed by atoms with Crippen LogP contribution in [0.5, 0.6) is 0 Å². The Bertz CT molecular complexity index is 3640. The first kappa shape index (κ1) is 65.3. The van der Waals surface area contributed by atoms with Crippen LogP contribution in [0.25, 0.3) is 4.76 Å². The van der Waals surface area contributed by atoms with Crippen LogP contribution in [0.3, 0.4) is 0 Å². The van der Waals surface area contributed by atoms with E-state index in [1.165, 1.54) is 22.6 Å². The van der Waals surface area contributed by atoms with E-state index in [1.54, 1.807) is 0 Å². The van der Waals surface area contributed by atoms with Gasteiger partial charge in [0.25, 0.3) is 6.15 Å². The molecule has 9 rings (SSSR count). The molecular weight excluding hydrogens is 1280 g/mol. The molecule has 0 N–H and O–H groups in total. The van der Waals surface area contributed by atoms with Crippen molar-refractivity contribution in [2.45, 2.75) is 0 Å². The first-order chi connectivity index (χ1) is 41.7. The van der Waals surface area contributed by atoms with Gasteiger partial charge in [-0.3, -0.25) is 0 Å². The van der Waals surface area contributed by atoms with Gasteiger partial charge in [0.2, 0.25) is 0 Å². The van der Waals surface area contributed by atoms with Gasteiger partial charge in [0, 0.05) is 0 Å². The smallest absolute Gasteiger partial charge is 0.374 e. The minimum atomic E-state index is -7.91. The van der Waals surface area contributed by atoms with E-state index in [1.807, 2.05) is 0 Å². The van der Waals surface area contributed by atoms with Crippen LogP contribution in [0.4, 0.5) is 132 Å². The zero-order valence-corrected chi connectivity index (χ0v) is 42.1. The van der Waals surface area contributed by atoms with Gasteiger partial charge in [-0.15, -0.1) is 16.4 Å². The molecule has 0 amide bonds. The number of hydrogen-bond donors (Lipinski definition) is 0. The Hall–Kier alpha value is -9.63. The summed E-state index contributed by atoms with van der Waals surface area (Å²) in [6, 6.07) is 31.6. The van der Waals surface area contributed by atoms with Crippen LogP contribution in [-0.2, 0) is 0 Å². The van der Waals surface area contributed by atoms with Gasteiger partial charge in [0.1, 0.15) is 69.8 Å². The maximum absolute atomic E-state index is 16.2. The molecule has 0 radical (unpaired) electrons. The predicted molar refractivity (Wildman–Crippen MR) is 254 cm³/mol. The van der Waals surface area contributed by atoms with Crippen molar-refractivity contribution in [3.05, 3.63) is 293 Å². The Morgan fingerprint density at radius 1 is 0.202 bits per heavy atom. The van der Waals surface area contributed by atoms with Gasteiger partial charge >= 0.3 is 6.28 Å². The summed E-state index contributed by atoms with van der Waals surface area (Å²) < 4.78 is 465. The monoisotopic (exact) mass is 1290 g/mol. The van der Waals surface area contributed by atoms with Crippen molar-refractivity contribution in [1.82, 2.24) is 0 Å². The Kier molecular flexibility index (Phi) is 17.7. The lowest BCUT2D eigenvalue weighted by molar-refractivity contribution is 0.379. The molecule has 0 atom stereocenters. The van der Waals surface area contributed by atoms with Crippen molar-refractivity contribution in [2.75, 3.05) is 0 Å². The average molecular weight is 1290 g/mol. The van der Waals surface area contributed by atoms with Crippen molar-refractivity contribution in [2.24, 2.45) is 0 Å². The van der Waals surface area contributed by atoms with Crippen molar-refractivity contribution in [1.29, 1.82) is 0 Å². The molecule has 9 aromatic rings. The highest BCUT2D eigenvalue weighted by Crippen LogP contribution is 2.34. The molecule has 0 fully saturated rings.